The van der Waals surface area contributed by atoms with E-state index in [1.54, 1.807) is 26.6 Å². The summed E-state index contributed by atoms with van der Waals surface area (Å²) in [6.45, 7) is 3.47. The van der Waals surface area contributed by atoms with E-state index in [0.29, 0.717) is 12.3 Å². The number of hydrogen-bond donors (Lipinski definition) is 1. The highest BCUT2D eigenvalue weighted by Crippen LogP contribution is 2.26. The molecule has 1 N–H and O–H groups in total. The smallest absolute Gasteiger partial charge is 0.257 e. The molecular weight excluding hydrogens is 332 g/mol. The maximum absolute atomic E-state index is 9.52. The third-order valence-corrected chi connectivity index (χ3v) is 4.73. The fourth-order valence-corrected chi connectivity index (χ4v) is 3.40. The van der Waals surface area contributed by atoms with E-state index in [0.717, 1.165) is 37.7 Å². The molecule has 2 aromatic rings. The summed E-state index contributed by atoms with van der Waals surface area (Å²) in [5.74, 6) is 2.17. The average Bonchev–Trinajstić information content (AvgIpc) is 2.69. The Morgan fingerprint density at radius 2 is 2.00 bits per heavy atom. The summed E-state index contributed by atoms with van der Waals surface area (Å²) in [6.07, 6.45) is 4.02. The molecule has 0 saturated carbocycles. The van der Waals surface area contributed by atoms with E-state index in [2.05, 4.69) is 31.9 Å². The lowest BCUT2D eigenvalue weighted by Gasteiger charge is -2.42. The molecule has 1 saturated heterocycles. The zero-order chi connectivity index (χ0) is 18.4. The third-order valence-electron chi connectivity index (χ3n) is 4.73. The van der Waals surface area contributed by atoms with Gasteiger partial charge in [-0.25, -0.2) is 9.97 Å². The number of aliphatic hydroxyl groups is 1. The zero-order valence-electron chi connectivity index (χ0n) is 15.3. The van der Waals surface area contributed by atoms with Crippen molar-refractivity contribution in [3.63, 3.8) is 0 Å². The Hall–Kier alpha value is -2.38. The minimum absolute atomic E-state index is 0.157. The summed E-state index contributed by atoms with van der Waals surface area (Å²) < 4.78 is 10.7. The van der Waals surface area contributed by atoms with Crippen LogP contribution in [0, 0.1) is 0 Å². The van der Waals surface area contributed by atoms with Crippen molar-refractivity contribution < 1.29 is 14.6 Å². The van der Waals surface area contributed by atoms with E-state index in [4.69, 9.17) is 9.47 Å². The molecule has 0 aliphatic carbocycles. The van der Waals surface area contributed by atoms with Crippen molar-refractivity contribution in [1.29, 1.82) is 0 Å². The molecule has 3 rings (SSSR count). The van der Waals surface area contributed by atoms with Crippen LogP contribution in [0.2, 0.25) is 0 Å². The maximum Gasteiger partial charge on any atom is 0.257 e. The summed E-state index contributed by atoms with van der Waals surface area (Å²) >= 11 is 0. The second-order valence-electron chi connectivity index (χ2n) is 6.32. The van der Waals surface area contributed by atoms with Crippen LogP contribution < -0.4 is 14.4 Å². The lowest BCUT2D eigenvalue weighted by atomic mass is 10.1. The Morgan fingerprint density at radius 3 is 2.77 bits per heavy atom. The number of methoxy groups -OCH3 is 2. The van der Waals surface area contributed by atoms with E-state index in [-0.39, 0.29) is 12.6 Å². The van der Waals surface area contributed by atoms with Gasteiger partial charge in [0.2, 0.25) is 0 Å². The van der Waals surface area contributed by atoms with Crippen molar-refractivity contribution in [3.8, 4) is 11.6 Å². The van der Waals surface area contributed by atoms with Gasteiger partial charge in [0.05, 0.1) is 14.2 Å². The molecular formula is C19H26N4O3. The summed E-state index contributed by atoms with van der Waals surface area (Å²) in [5.41, 5.74) is 1.21. The third kappa shape index (κ3) is 4.23. The molecule has 0 unspecified atom stereocenters. The second kappa shape index (κ2) is 8.82. The predicted molar refractivity (Wildman–Crippen MR) is 99.7 cm³/mol. The van der Waals surface area contributed by atoms with Crippen LogP contribution >= 0.6 is 0 Å². The number of ether oxygens (including phenoxy) is 2. The number of anilines is 1. The summed E-state index contributed by atoms with van der Waals surface area (Å²) in [6, 6.07) is 8.36. The Bertz CT molecular complexity index is 713. The molecule has 1 aliphatic rings. The Morgan fingerprint density at radius 1 is 1.15 bits per heavy atom. The van der Waals surface area contributed by atoms with Gasteiger partial charge in [-0.1, -0.05) is 12.1 Å². The number of piperazine rings is 1. The number of rotatable bonds is 7. The first kappa shape index (κ1) is 18.4. The number of hydrogen-bond acceptors (Lipinski definition) is 7. The molecule has 0 radical (unpaired) electrons. The van der Waals surface area contributed by atoms with E-state index >= 15 is 0 Å². The van der Waals surface area contributed by atoms with Gasteiger partial charge < -0.3 is 19.5 Å². The minimum atomic E-state index is 0.157. The number of aliphatic hydroxyl groups excluding tert-OH is 1. The molecule has 1 aromatic heterocycles. The molecule has 0 bridgehead atoms. The fourth-order valence-electron chi connectivity index (χ4n) is 3.40. The van der Waals surface area contributed by atoms with Gasteiger partial charge >= 0.3 is 0 Å². The molecule has 1 fully saturated rings. The van der Waals surface area contributed by atoms with E-state index < -0.39 is 0 Å². The lowest BCUT2D eigenvalue weighted by molar-refractivity contribution is 0.135. The van der Waals surface area contributed by atoms with Crippen LogP contribution in [-0.4, -0.2) is 66.5 Å². The lowest BCUT2D eigenvalue weighted by Crippen LogP contribution is -2.53. The molecule has 1 atom stereocenters. The van der Waals surface area contributed by atoms with Crippen molar-refractivity contribution in [2.24, 2.45) is 0 Å². The van der Waals surface area contributed by atoms with Gasteiger partial charge in [-0.15, -0.1) is 0 Å². The summed E-state index contributed by atoms with van der Waals surface area (Å²) in [4.78, 5) is 13.3. The second-order valence-corrected chi connectivity index (χ2v) is 6.32. The molecule has 26 heavy (non-hydrogen) atoms. The predicted octanol–water partition coefficient (Wildman–Crippen LogP) is 1.57. The number of nitrogens with zero attached hydrogens (tertiary/aromatic N) is 4. The minimum Gasteiger partial charge on any atom is -0.497 e. The molecule has 2 heterocycles. The Balaban J connectivity index is 1.73. The molecule has 1 aliphatic heterocycles. The quantitative estimate of drug-likeness (QED) is 0.805. The van der Waals surface area contributed by atoms with Crippen LogP contribution in [0.25, 0.3) is 0 Å². The molecule has 0 amide bonds. The topological polar surface area (TPSA) is 71.0 Å². The standard InChI is InChI=1S/C19H26N4O3/c1-25-17-5-3-4-15(12-17)13-22-9-10-23(14-16(22)6-11-24)18-19(26-2)21-8-7-20-18/h3-5,7-8,12,16,24H,6,9-11,13-14H2,1-2H3/t16-/m1/s1. The van der Waals surface area contributed by atoms with Crippen molar-refractivity contribution in [3.05, 3.63) is 42.2 Å². The Labute approximate surface area is 154 Å². The highest BCUT2D eigenvalue weighted by molar-refractivity contribution is 5.48. The molecule has 140 valence electrons. The van der Waals surface area contributed by atoms with E-state index in [1.165, 1.54) is 5.56 Å². The van der Waals surface area contributed by atoms with Gasteiger partial charge in [0.25, 0.3) is 5.88 Å². The van der Waals surface area contributed by atoms with E-state index in [9.17, 15) is 5.11 Å². The van der Waals surface area contributed by atoms with Crippen LogP contribution in [0.5, 0.6) is 11.6 Å². The van der Waals surface area contributed by atoms with Gasteiger partial charge in [-0.2, -0.15) is 0 Å². The first-order chi connectivity index (χ1) is 12.7. The largest absolute Gasteiger partial charge is 0.497 e. The Kier molecular flexibility index (Phi) is 6.25. The van der Waals surface area contributed by atoms with Crippen molar-refractivity contribution >= 4 is 5.82 Å². The number of aromatic nitrogens is 2. The zero-order valence-corrected chi connectivity index (χ0v) is 15.3. The van der Waals surface area contributed by atoms with Crippen LogP contribution in [-0.2, 0) is 6.54 Å². The van der Waals surface area contributed by atoms with Crippen molar-refractivity contribution in [2.75, 3.05) is 45.4 Å². The number of benzene rings is 1. The molecule has 1 aromatic carbocycles. The van der Waals surface area contributed by atoms with Gasteiger partial charge in [-0.05, 0) is 24.1 Å². The van der Waals surface area contributed by atoms with Crippen LogP contribution in [0.3, 0.4) is 0 Å². The molecule has 0 spiro atoms. The van der Waals surface area contributed by atoms with Gasteiger partial charge in [0, 0.05) is 51.2 Å². The fraction of sp³-hybridized carbons (Fsp3) is 0.474. The first-order valence-corrected chi connectivity index (χ1v) is 8.83. The molecule has 7 nitrogen and oxygen atoms in total. The summed E-state index contributed by atoms with van der Waals surface area (Å²) in [5, 5.41) is 9.52. The normalized spacial score (nSPS) is 18.0. The SMILES string of the molecule is COc1cccc(CN2CCN(c3nccnc3OC)C[C@H]2CCO)c1. The van der Waals surface area contributed by atoms with Crippen molar-refractivity contribution in [2.45, 2.75) is 19.0 Å². The highest BCUT2D eigenvalue weighted by Gasteiger charge is 2.29. The van der Waals surface area contributed by atoms with Crippen LogP contribution in [0.1, 0.15) is 12.0 Å². The first-order valence-electron chi connectivity index (χ1n) is 8.83. The van der Waals surface area contributed by atoms with E-state index in [1.807, 2.05) is 12.1 Å². The van der Waals surface area contributed by atoms with Crippen molar-refractivity contribution in [1.82, 2.24) is 14.9 Å². The van der Waals surface area contributed by atoms with Gasteiger partial charge in [0.1, 0.15) is 5.75 Å². The van der Waals surface area contributed by atoms with Crippen LogP contribution in [0.4, 0.5) is 5.82 Å². The van der Waals surface area contributed by atoms with Gasteiger partial charge in [0.15, 0.2) is 5.82 Å². The highest BCUT2D eigenvalue weighted by atomic mass is 16.5. The maximum atomic E-state index is 9.52. The monoisotopic (exact) mass is 358 g/mol. The summed E-state index contributed by atoms with van der Waals surface area (Å²) in [7, 11) is 3.29. The van der Waals surface area contributed by atoms with Crippen LogP contribution in [0.15, 0.2) is 36.7 Å². The molecule has 7 heteroatoms. The van der Waals surface area contributed by atoms with Gasteiger partial charge in [-0.3, -0.25) is 4.90 Å². The average molecular weight is 358 g/mol.